The lowest BCUT2D eigenvalue weighted by Gasteiger charge is -2.01. The van der Waals surface area contributed by atoms with Crippen molar-refractivity contribution in [3.63, 3.8) is 0 Å². The number of pyridine rings is 1. The van der Waals surface area contributed by atoms with Gasteiger partial charge in [0, 0.05) is 11.5 Å². The van der Waals surface area contributed by atoms with Crippen molar-refractivity contribution in [3.05, 3.63) is 47.1 Å². The van der Waals surface area contributed by atoms with E-state index in [4.69, 9.17) is 0 Å². The number of benzene rings is 1. The molecule has 0 aliphatic rings. The fourth-order valence-corrected chi connectivity index (χ4v) is 2.53. The summed E-state index contributed by atoms with van der Waals surface area (Å²) >= 11 is 1.60. The Morgan fingerprint density at radius 2 is 1.93 bits per heavy atom. The lowest BCUT2D eigenvalue weighted by atomic mass is 10.1. The lowest BCUT2D eigenvalue weighted by molar-refractivity contribution is -0.575. The molecule has 0 N–H and O–H groups in total. The van der Waals surface area contributed by atoms with E-state index in [2.05, 4.69) is 6.07 Å². The van der Waals surface area contributed by atoms with Gasteiger partial charge < -0.3 is 5.21 Å². The van der Waals surface area contributed by atoms with Gasteiger partial charge in [0.25, 0.3) is 0 Å². The topological polar surface area (TPSA) is 26.9 Å². The zero-order chi connectivity index (χ0) is 9.54. The van der Waals surface area contributed by atoms with Crippen LogP contribution >= 0.6 is 11.3 Å². The first-order chi connectivity index (χ1) is 6.86. The number of para-hydroxylation sites is 1. The quantitative estimate of drug-likeness (QED) is 0.406. The van der Waals surface area contributed by atoms with Crippen LogP contribution in [0.4, 0.5) is 0 Å². The van der Waals surface area contributed by atoms with E-state index in [1.54, 1.807) is 17.5 Å². The fourth-order valence-electron chi connectivity index (χ4n) is 1.71. The molecule has 3 aromatic rings. The van der Waals surface area contributed by atoms with Gasteiger partial charge in [0.1, 0.15) is 4.70 Å². The SMILES string of the molecule is [O-][n+]1cc2sccc2c2ccccc21. The van der Waals surface area contributed by atoms with E-state index in [0.717, 1.165) is 25.7 Å². The van der Waals surface area contributed by atoms with E-state index in [0.29, 0.717) is 0 Å². The Hall–Kier alpha value is -1.61. The first-order valence-corrected chi connectivity index (χ1v) is 5.22. The van der Waals surface area contributed by atoms with Crippen LogP contribution in [0.25, 0.3) is 21.0 Å². The van der Waals surface area contributed by atoms with Crippen LogP contribution in [0.15, 0.2) is 41.9 Å². The van der Waals surface area contributed by atoms with E-state index in [-0.39, 0.29) is 0 Å². The van der Waals surface area contributed by atoms with Gasteiger partial charge in [-0.15, -0.1) is 11.3 Å². The van der Waals surface area contributed by atoms with Gasteiger partial charge in [-0.05, 0) is 17.5 Å². The third-order valence-electron chi connectivity index (χ3n) is 2.36. The lowest BCUT2D eigenvalue weighted by Crippen LogP contribution is -2.25. The summed E-state index contributed by atoms with van der Waals surface area (Å²) in [6, 6.07) is 9.73. The Morgan fingerprint density at radius 1 is 1.07 bits per heavy atom. The van der Waals surface area contributed by atoms with Gasteiger partial charge in [-0.2, -0.15) is 4.73 Å². The highest BCUT2D eigenvalue weighted by molar-refractivity contribution is 7.17. The Bertz CT molecular complexity index is 615. The third-order valence-corrected chi connectivity index (χ3v) is 3.21. The molecule has 3 heteroatoms. The average Bonchev–Trinajstić information content (AvgIpc) is 2.66. The molecule has 0 aliphatic heterocycles. The Morgan fingerprint density at radius 3 is 2.86 bits per heavy atom. The summed E-state index contributed by atoms with van der Waals surface area (Å²) < 4.78 is 1.98. The van der Waals surface area contributed by atoms with Gasteiger partial charge in [0.2, 0.25) is 5.52 Å². The normalized spacial score (nSPS) is 11.1. The molecule has 0 spiro atoms. The molecule has 2 heterocycles. The van der Waals surface area contributed by atoms with Crippen LogP contribution in [0.2, 0.25) is 0 Å². The molecule has 0 bridgehead atoms. The van der Waals surface area contributed by atoms with E-state index in [1.807, 2.05) is 29.6 Å². The molecule has 68 valence electrons. The molecule has 14 heavy (non-hydrogen) atoms. The van der Waals surface area contributed by atoms with Crippen molar-refractivity contribution in [1.82, 2.24) is 0 Å². The molecule has 0 amide bonds. The molecule has 2 aromatic heterocycles. The maximum Gasteiger partial charge on any atom is 0.224 e. The zero-order valence-electron chi connectivity index (χ0n) is 7.31. The smallest absolute Gasteiger partial charge is 0.224 e. The number of hydrogen-bond donors (Lipinski definition) is 0. The third kappa shape index (κ3) is 0.930. The highest BCUT2D eigenvalue weighted by atomic mass is 32.1. The number of thiophene rings is 1. The summed E-state index contributed by atoms with van der Waals surface area (Å²) in [5.74, 6) is 0. The Labute approximate surface area is 84.6 Å². The molecule has 0 atom stereocenters. The molecule has 0 unspecified atom stereocenters. The van der Waals surface area contributed by atoms with Crippen LogP contribution in [0.1, 0.15) is 0 Å². The van der Waals surface area contributed by atoms with E-state index in [1.165, 1.54) is 0 Å². The maximum atomic E-state index is 11.6. The van der Waals surface area contributed by atoms with Crippen LogP contribution in [0.5, 0.6) is 0 Å². The standard InChI is InChI=1S/C11H7NOS/c13-12-7-11-9(5-6-14-11)8-3-1-2-4-10(8)12/h1-7H. The van der Waals surface area contributed by atoms with Gasteiger partial charge in [0.05, 0.1) is 5.39 Å². The van der Waals surface area contributed by atoms with Crippen molar-refractivity contribution in [2.24, 2.45) is 0 Å². The summed E-state index contributed by atoms with van der Waals surface area (Å²) in [4.78, 5) is 0. The molecular weight excluding hydrogens is 194 g/mol. The van der Waals surface area contributed by atoms with E-state index in [9.17, 15) is 5.21 Å². The molecule has 0 fully saturated rings. The van der Waals surface area contributed by atoms with Crippen molar-refractivity contribution in [2.75, 3.05) is 0 Å². The molecule has 2 nitrogen and oxygen atoms in total. The monoisotopic (exact) mass is 201 g/mol. The molecule has 0 radical (unpaired) electrons. The number of nitrogens with zero attached hydrogens (tertiary/aromatic N) is 1. The molecule has 0 saturated heterocycles. The second-order valence-electron chi connectivity index (χ2n) is 3.17. The second-order valence-corrected chi connectivity index (χ2v) is 4.12. The van der Waals surface area contributed by atoms with Crippen LogP contribution in [0, 0.1) is 5.21 Å². The molecule has 3 rings (SSSR count). The average molecular weight is 201 g/mol. The number of hydrogen-bond acceptors (Lipinski definition) is 2. The number of aromatic nitrogens is 1. The van der Waals surface area contributed by atoms with Crippen molar-refractivity contribution >= 4 is 32.3 Å². The van der Waals surface area contributed by atoms with Crippen molar-refractivity contribution in [1.29, 1.82) is 0 Å². The van der Waals surface area contributed by atoms with Gasteiger partial charge in [-0.1, -0.05) is 12.1 Å². The fraction of sp³-hybridized carbons (Fsp3) is 0. The minimum atomic E-state index is 0.735. The van der Waals surface area contributed by atoms with Crippen molar-refractivity contribution in [3.8, 4) is 0 Å². The van der Waals surface area contributed by atoms with Crippen molar-refractivity contribution < 1.29 is 4.73 Å². The summed E-state index contributed by atoms with van der Waals surface area (Å²) in [6.45, 7) is 0. The van der Waals surface area contributed by atoms with Gasteiger partial charge >= 0.3 is 0 Å². The van der Waals surface area contributed by atoms with Gasteiger partial charge in [-0.3, -0.25) is 0 Å². The highest BCUT2D eigenvalue weighted by Crippen LogP contribution is 2.25. The minimum absolute atomic E-state index is 0.735. The van der Waals surface area contributed by atoms with E-state index >= 15 is 0 Å². The van der Waals surface area contributed by atoms with Gasteiger partial charge in [0.15, 0.2) is 6.20 Å². The molecular formula is C11H7NOS. The molecule has 0 aliphatic carbocycles. The maximum absolute atomic E-state index is 11.6. The first kappa shape index (κ1) is 7.76. The minimum Gasteiger partial charge on any atom is -0.618 e. The predicted molar refractivity (Wildman–Crippen MR) is 58.3 cm³/mol. The summed E-state index contributed by atoms with van der Waals surface area (Å²) in [7, 11) is 0. The van der Waals surface area contributed by atoms with Crippen LogP contribution in [0.3, 0.4) is 0 Å². The molecule has 1 aromatic carbocycles. The van der Waals surface area contributed by atoms with Crippen molar-refractivity contribution in [2.45, 2.75) is 0 Å². The summed E-state index contributed by atoms with van der Waals surface area (Å²) in [6.07, 6.45) is 1.64. The predicted octanol–water partition coefficient (Wildman–Crippen LogP) is 2.69. The zero-order valence-corrected chi connectivity index (χ0v) is 8.12. The highest BCUT2D eigenvalue weighted by Gasteiger charge is 2.08. The first-order valence-electron chi connectivity index (χ1n) is 4.34. The van der Waals surface area contributed by atoms with Crippen LogP contribution in [-0.4, -0.2) is 0 Å². The van der Waals surface area contributed by atoms with E-state index < -0.39 is 0 Å². The largest absolute Gasteiger partial charge is 0.618 e. The summed E-state index contributed by atoms with van der Waals surface area (Å²) in [5.41, 5.74) is 0.735. The van der Waals surface area contributed by atoms with Crippen LogP contribution in [-0.2, 0) is 0 Å². The second kappa shape index (κ2) is 2.69. The van der Waals surface area contributed by atoms with Gasteiger partial charge in [-0.25, -0.2) is 0 Å². The van der Waals surface area contributed by atoms with Crippen LogP contribution < -0.4 is 4.73 Å². The summed E-state index contributed by atoms with van der Waals surface area (Å²) in [5, 5.41) is 15.8. The number of rotatable bonds is 0. The Kier molecular flexibility index (Phi) is 1.49. The number of fused-ring (bicyclic) bond motifs is 3. The molecule has 0 saturated carbocycles. The Balaban J connectivity index is 2.67.